The average molecular weight is 1000 g/mol. The van der Waals surface area contributed by atoms with Gasteiger partial charge in [0, 0.05) is 19.3 Å². The van der Waals surface area contributed by atoms with Crippen LogP contribution in [0, 0.1) is 0 Å². The first-order valence-electron chi connectivity index (χ1n) is 27.9. The van der Waals surface area contributed by atoms with E-state index >= 15 is 0 Å². The van der Waals surface area contributed by atoms with Crippen molar-refractivity contribution in [3.63, 3.8) is 0 Å². The Morgan fingerprint density at radius 3 is 0.767 bits per heavy atom. The van der Waals surface area contributed by atoms with Gasteiger partial charge in [-0.3, -0.25) is 14.4 Å². The smallest absolute Gasteiger partial charge is 0.306 e. The van der Waals surface area contributed by atoms with E-state index in [0.717, 1.165) is 128 Å². The third-order valence-electron chi connectivity index (χ3n) is 10.6. The molecule has 0 amide bonds. The van der Waals surface area contributed by atoms with Gasteiger partial charge in [-0.05, 0) is 148 Å². The largest absolute Gasteiger partial charge is 0.462 e. The van der Waals surface area contributed by atoms with Gasteiger partial charge in [0.05, 0.1) is 0 Å². The molecule has 1 unspecified atom stereocenters. The van der Waals surface area contributed by atoms with Gasteiger partial charge in [0.1, 0.15) is 13.2 Å². The topological polar surface area (TPSA) is 78.9 Å². The van der Waals surface area contributed by atoms with Crippen LogP contribution in [0.3, 0.4) is 0 Å². The summed E-state index contributed by atoms with van der Waals surface area (Å²) in [6, 6.07) is 0. The molecule has 0 fully saturated rings. The monoisotopic (exact) mass is 999 g/mol. The zero-order valence-electron chi connectivity index (χ0n) is 45.8. The molecule has 0 heterocycles. The molecule has 0 radical (unpaired) electrons. The van der Waals surface area contributed by atoms with Crippen molar-refractivity contribution >= 4 is 17.9 Å². The Kier molecular flexibility index (Phi) is 54.2. The van der Waals surface area contributed by atoms with Crippen LogP contribution >= 0.6 is 0 Å². The molecule has 6 heteroatoms. The molecular formula is C67H98O6. The van der Waals surface area contributed by atoms with Crippen molar-refractivity contribution in [2.45, 2.75) is 194 Å². The summed E-state index contributed by atoms with van der Waals surface area (Å²) in [4.78, 5) is 38.1. The van der Waals surface area contributed by atoms with Crippen LogP contribution in [0.15, 0.2) is 194 Å². The molecule has 0 saturated heterocycles. The lowest BCUT2D eigenvalue weighted by atomic mass is 10.2. The van der Waals surface area contributed by atoms with E-state index < -0.39 is 12.1 Å². The van der Waals surface area contributed by atoms with Crippen LogP contribution in [-0.2, 0) is 28.6 Å². The van der Waals surface area contributed by atoms with E-state index in [4.69, 9.17) is 14.2 Å². The minimum absolute atomic E-state index is 0.155. The van der Waals surface area contributed by atoms with Gasteiger partial charge in [-0.2, -0.15) is 0 Å². The molecule has 0 spiro atoms. The number of hydrogen-bond donors (Lipinski definition) is 0. The van der Waals surface area contributed by atoms with Crippen LogP contribution in [0.2, 0.25) is 0 Å². The molecule has 0 aliphatic carbocycles. The first-order chi connectivity index (χ1) is 36.0. The van der Waals surface area contributed by atoms with Crippen LogP contribution in [0.1, 0.15) is 188 Å². The van der Waals surface area contributed by atoms with Crippen molar-refractivity contribution in [1.29, 1.82) is 0 Å². The first-order valence-corrected chi connectivity index (χ1v) is 27.9. The predicted molar refractivity (Wildman–Crippen MR) is 315 cm³/mol. The molecule has 0 aromatic heterocycles. The van der Waals surface area contributed by atoms with Crippen molar-refractivity contribution in [2.24, 2.45) is 0 Å². The van der Waals surface area contributed by atoms with Crippen LogP contribution in [0.5, 0.6) is 0 Å². The van der Waals surface area contributed by atoms with Gasteiger partial charge < -0.3 is 14.2 Å². The highest BCUT2D eigenvalue weighted by Gasteiger charge is 2.19. The number of ether oxygens (including phenoxy) is 3. The standard InChI is InChI=1S/C67H98O6/c1-4-7-10-13-16-19-22-25-28-30-32-33-35-36-39-42-45-48-51-54-57-60-66(69)72-63-64(62-71-65(68)59-56-53-50-47-44-41-38-27-24-21-18-15-12-9-6-3)73-67(70)61-58-55-52-49-46-43-40-37-34-31-29-26-23-20-17-14-11-8-5-2/h7-12,16-21,25-29,32-34,36-39,43-48,52,55,64H,4-6,13-15,22-24,30-31,35,40-42,49-51,53-54,56-63H2,1-3H3/b10-7-,11-8-,12-9-,19-16-,20-17-,21-18-,28-25-,29-26-,33-32-,37-34-,38-27-,39-36-,46-43-,47-44-,48-45-,55-52-. The van der Waals surface area contributed by atoms with E-state index in [-0.39, 0.29) is 44.4 Å². The normalized spacial score (nSPS) is 13.6. The van der Waals surface area contributed by atoms with Crippen molar-refractivity contribution in [2.75, 3.05) is 13.2 Å². The summed E-state index contributed by atoms with van der Waals surface area (Å²) in [6.45, 7) is 6.13. The molecule has 0 N–H and O–H groups in total. The third kappa shape index (κ3) is 57.0. The fourth-order valence-electron chi connectivity index (χ4n) is 6.52. The lowest BCUT2D eigenvalue weighted by Crippen LogP contribution is -2.30. The van der Waals surface area contributed by atoms with Gasteiger partial charge in [-0.15, -0.1) is 0 Å². The molecule has 73 heavy (non-hydrogen) atoms. The van der Waals surface area contributed by atoms with E-state index in [1.54, 1.807) is 0 Å². The van der Waals surface area contributed by atoms with Crippen molar-refractivity contribution in [3.05, 3.63) is 194 Å². The lowest BCUT2D eigenvalue weighted by Gasteiger charge is -2.18. The molecular weight excluding hydrogens is 901 g/mol. The Bertz CT molecular complexity index is 1810. The van der Waals surface area contributed by atoms with Crippen LogP contribution in [0.4, 0.5) is 0 Å². The van der Waals surface area contributed by atoms with E-state index in [0.29, 0.717) is 19.3 Å². The summed E-state index contributed by atoms with van der Waals surface area (Å²) in [6.07, 6.45) is 90.1. The summed E-state index contributed by atoms with van der Waals surface area (Å²) in [5.74, 6) is -1.14. The lowest BCUT2D eigenvalue weighted by molar-refractivity contribution is -0.166. The van der Waals surface area contributed by atoms with E-state index in [1.807, 2.05) is 12.2 Å². The summed E-state index contributed by atoms with van der Waals surface area (Å²) < 4.78 is 16.7. The highest BCUT2D eigenvalue weighted by Crippen LogP contribution is 2.09. The molecule has 0 aliphatic heterocycles. The molecule has 402 valence electrons. The molecule has 0 bridgehead atoms. The fraction of sp³-hybridized carbons (Fsp3) is 0.478. The van der Waals surface area contributed by atoms with Gasteiger partial charge in [-0.25, -0.2) is 0 Å². The summed E-state index contributed by atoms with van der Waals surface area (Å²) in [5, 5.41) is 0. The number of rotatable bonds is 47. The van der Waals surface area contributed by atoms with Crippen molar-refractivity contribution in [3.8, 4) is 0 Å². The number of hydrogen-bond acceptors (Lipinski definition) is 6. The number of esters is 3. The molecule has 0 saturated carbocycles. The van der Waals surface area contributed by atoms with E-state index in [1.165, 1.54) is 0 Å². The quantitative estimate of drug-likeness (QED) is 0.0262. The molecule has 0 aliphatic rings. The van der Waals surface area contributed by atoms with Crippen molar-refractivity contribution in [1.82, 2.24) is 0 Å². The molecule has 0 aromatic rings. The summed E-state index contributed by atoms with van der Waals surface area (Å²) in [7, 11) is 0. The Balaban J connectivity index is 4.69. The van der Waals surface area contributed by atoms with E-state index in [9.17, 15) is 14.4 Å². The highest BCUT2D eigenvalue weighted by atomic mass is 16.6. The maximum atomic E-state index is 12.8. The Morgan fingerprint density at radius 2 is 0.507 bits per heavy atom. The Hall–Kier alpha value is -5.75. The highest BCUT2D eigenvalue weighted by molar-refractivity contribution is 5.71. The van der Waals surface area contributed by atoms with Crippen LogP contribution in [-0.4, -0.2) is 37.2 Å². The predicted octanol–water partition coefficient (Wildman–Crippen LogP) is 19.1. The fourth-order valence-corrected chi connectivity index (χ4v) is 6.52. The zero-order valence-corrected chi connectivity index (χ0v) is 45.8. The van der Waals surface area contributed by atoms with Gasteiger partial charge in [0.25, 0.3) is 0 Å². The van der Waals surface area contributed by atoms with E-state index in [2.05, 4.69) is 203 Å². The van der Waals surface area contributed by atoms with Gasteiger partial charge in [0.2, 0.25) is 0 Å². The summed E-state index contributed by atoms with van der Waals surface area (Å²) >= 11 is 0. The number of unbranched alkanes of at least 4 members (excludes halogenated alkanes) is 4. The second kappa shape index (κ2) is 58.8. The minimum Gasteiger partial charge on any atom is -0.462 e. The SMILES string of the molecule is CC/C=C\C/C=C\C/C=C\C/C=C\C/C=C\C/C=C\CCCCC(=O)OCC(COC(=O)CCCC/C=C\C/C=C\C/C=C\C/C=C\CC)OC(=O)CC/C=C\C/C=C\C/C=C\C/C=C\C/C=C\C/C=C\CC. The molecule has 0 rings (SSSR count). The van der Waals surface area contributed by atoms with Gasteiger partial charge >= 0.3 is 17.9 Å². The zero-order chi connectivity index (χ0) is 52.9. The summed E-state index contributed by atoms with van der Waals surface area (Å²) in [5.41, 5.74) is 0. The molecule has 1 atom stereocenters. The van der Waals surface area contributed by atoms with Crippen molar-refractivity contribution < 1.29 is 28.6 Å². The van der Waals surface area contributed by atoms with Crippen LogP contribution < -0.4 is 0 Å². The number of carbonyl (C=O) groups excluding carboxylic acids is 3. The molecule has 0 aromatic carbocycles. The Labute approximate surface area is 446 Å². The Morgan fingerprint density at radius 1 is 0.274 bits per heavy atom. The average Bonchev–Trinajstić information content (AvgIpc) is 3.39. The number of allylic oxidation sites excluding steroid dienone is 32. The second-order valence-corrected chi connectivity index (χ2v) is 17.3. The van der Waals surface area contributed by atoms with Crippen LogP contribution in [0.25, 0.3) is 0 Å². The first kappa shape index (κ1) is 67.2. The third-order valence-corrected chi connectivity index (χ3v) is 10.6. The minimum atomic E-state index is -0.867. The maximum Gasteiger partial charge on any atom is 0.306 e. The molecule has 6 nitrogen and oxygen atoms in total. The van der Waals surface area contributed by atoms with Gasteiger partial charge in [0.15, 0.2) is 6.10 Å². The maximum absolute atomic E-state index is 12.8. The number of carbonyl (C=O) groups is 3. The van der Waals surface area contributed by atoms with Gasteiger partial charge in [-0.1, -0.05) is 215 Å². The second-order valence-electron chi connectivity index (χ2n) is 17.3.